The molecule has 2 rings (SSSR count). The zero-order valence-corrected chi connectivity index (χ0v) is 11.5. The van der Waals surface area contributed by atoms with Gasteiger partial charge in [0, 0.05) is 24.0 Å². The minimum atomic E-state index is -0.319. The van der Waals surface area contributed by atoms with E-state index in [-0.39, 0.29) is 5.97 Å². The Morgan fingerprint density at radius 2 is 1.85 bits per heavy atom. The fourth-order valence-electron chi connectivity index (χ4n) is 1.77. The predicted molar refractivity (Wildman–Crippen MR) is 77.8 cm³/mol. The van der Waals surface area contributed by atoms with Crippen molar-refractivity contribution in [3.63, 3.8) is 0 Å². The number of aromatic nitrogens is 2. The van der Waals surface area contributed by atoms with E-state index in [1.807, 2.05) is 31.2 Å². The van der Waals surface area contributed by atoms with Crippen molar-refractivity contribution in [2.75, 3.05) is 6.61 Å². The molecule has 0 unspecified atom stereocenters. The first-order valence-corrected chi connectivity index (χ1v) is 6.43. The topological polar surface area (TPSA) is 52.1 Å². The average Bonchev–Trinajstić information content (AvgIpc) is 2.48. The molecule has 0 saturated heterocycles. The van der Waals surface area contributed by atoms with Crippen molar-refractivity contribution in [2.24, 2.45) is 0 Å². The van der Waals surface area contributed by atoms with Crippen molar-refractivity contribution in [2.45, 2.75) is 13.8 Å². The Morgan fingerprint density at radius 1 is 1.20 bits per heavy atom. The van der Waals surface area contributed by atoms with Crippen LogP contribution in [0.1, 0.15) is 19.4 Å². The maximum atomic E-state index is 11.4. The Bertz CT molecular complexity index is 604. The molecule has 20 heavy (non-hydrogen) atoms. The number of carbonyl (C=O) groups excluding carboxylic acids is 1. The molecule has 0 aliphatic carbocycles. The van der Waals surface area contributed by atoms with Gasteiger partial charge in [-0.25, -0.2) is 14.8 Å². The van der Waals surface area contributed by atoms with E-state index in [0.717, 1.165) is 16.7 Å². The van der Waals surface area contributed by atoms with Crippen LogP contribution in [-0.4, -0.2) is 22.5 Å². The Morgan fingerprint density at radius 3 is 2.45 bits per heavy atom. The van der Waals surface area contributed by atoms with E-state index in [2.05, 4.69) is 9.97 Å². The summed E-state index contributed by atoms with van der Waals surface area (Å²) < 4.78 is 4.89. The number of hydrogen-bond donors (Lipinski definition) is 0. The van der Waals surface area contributed by atoms with Gasteiger partial charge in [0.1, 0.15) is 0 Å². The largest absolute Gasteiger partial charge is 0.463 e. The highest BCUT2D eigenvalue weighted by atomic mass is 16.5. The summed E-state index contributed by atoms with van der Waals surface area (Å²) in [6.45, 7) is 4.05. The van der Waals surface area contributed by atoms with E-state index in [1.165, 1.54) is 6.08 Å². The van der Waals surface area contributed by atoms with Crippen LogP contribution in [0.4, 0.5) is 0 Å². The lowest BCUT2D eigenvalue weighted by atomic mass is 10.0. The highest BCUT2D eigenvalue weighted by Crippen LogP contribution is 2.19. The number of carbonyl (C=O) groups is 1. The van der Waals surface area contributed by atoms with Crippen molar-refractivity contribution >= 4 is 11.5 Å². The zero-order valence-electron chi connectivity index (χ0n) is 11.5. The lowest BCUT2D eigenvalue weighted by molar-refractivity contribution is -0.137. The first-order valence-electron chi connectivity index (χ1n) is 6.43. The quantitative estimate of drug-likeness (QED) is 0.631. The second kappa shape index (κ2) is 6.61. The molecular weight excluding hydrogens is 252 g/mol. The van der Waals surface area contributed by atoms with Crippen molar-refractivity contribution in [1.82, 2.24) is 9.97 Å². The van der Waals surface area contributed by atoms with Gasteiger partial charge in [-0.05, 0) is 31.1 Å². The van der Waals surface area contributed by atoms with Gasteiger partial charge in [-0.3, -0.25) is 0 Å². The van der Waals surface area contributed by atoms with Gasteiger partial charge in [0.05, 0.1) is 6.61 Å². The fourth-order valence-corrected chi connectivity index (χ4v) is 1.77. The van der Waals surface area contributed by atoms with Crippen LogP contribution in [0.15, 0.2) is 48.8 Å². The molecule has 0 fully saturated rings. The lowest BCUT2D eigenvalue weighted by Gasteiger charge is -2.04. The first-order chi connectivity index (χ1) is 9.70. The van der Waals surface area contributed by atoms with Gasteiger partial charge < -0.3 is 4.74 Å². The van der Waals surface area contributed by atoms with E-state index in [9.17, 15) is 4.79 Å². The normalized spacial score (nSPS) is 11.2. The SMILES string of the molecule is CCOC(=O)/C=C(/C)c1ccc(-c2ncccn2)cc1. The Balaban J connectivity index is 2.18. The number of benzene rings is 1. The molecule has 4 heteroatoms. The molecular formula is C16H16N2O2. The Kier molecular flexibility index (Phi) is 4.60. The van der Waals surface area contributed by atoms with Crippen LogP contribution in [-0.2, 0) is 9.53 Å². The van der Waals surface area contributed by atoms with Gasteiger partial charge in [-0.15, -0.1) is 0 Å². The number of ether oxygens (including phenoxy) is 1. The van der Waals surface area contributed by atoms with Crippen LogP contribution in [0.2, 0.25) is 0 Å². The molecule has 1 aromatic carbocycles. The van der Waals surface area contributed by atoms with Crippen molar-refractivity contribution in [3.8, 4) is 11.4 Å². The molecule has 0 N–H and O–H groups in total. The van der Waals surface area contributed by atoms with Crippen LogP contribution >= 0.6 is 0 Å². The molecule has 0 spiro atoms. The van der Waals surface area contributed by atoms with Gasteiger partial charge in [0.25, 0.3) is 0 Å². The fraction of sp³-hybridized carbons (Fsp3) is 0.188. The number of nitrogens with zero attached hydrogens (tertiary/aromatic N) is 2. The predicted octanol–water partition coefficient (Wildman–Crippen LogP) is 3.11. The minimum Gasteiger partial charge on any atom is -0.463 e. The summed E-state index contributed by atoms with van der Waals surface area (Å²) in [6, 6.07) is 9.54. The van der Waals surface area contributed by atoms with E-state index in [4.69, 9.17) is 4.74 Å². The monoisotopic (exact) mass is 268 g/mol. The molecule has 102 valence electrons. The van der Waals surface area contributed by atoms with Crippen LogP contribution in [0.5, 0.6) is 0 Å². The van der Waals surface area contributed by atoms with Crippen LogP contribution < -0.4 is 0 Å². The van der Waals surface area contributed by atoms with Gasteiger partial charge in [-0.1, -0.05) is 24.3 Å². The zero-order chi connectivity index (χ0) is 14.4. The molecule has 0 aliphatic heterocycles. The Labute approximate surface area is 118 Å². The smallest absolute Gasteiger partial charge is 0.331 e. The molecule has 0 aliphatic rings. The minimum absolute atomic E-state index is 0.319. The van der Waals surface area contributed by atoms with Gasteiger partial charge in [0.15, 0.2) is 5.82 Å². The van der Waals surface area contributed by atoms with E-state index in [0.29, 0.717) is 12.4 Å². The summed E-state index contributed by atoms with van der Waals surface area (Å²) in [5, 5.41) is 0. The molecule has 0 amide bonds. The molecule has 0 atom stereocenters. The van der Waals surface area contributed by atoms with Crippen LogP contribution in [0.25, 0.3) is 17.0 Å². The highest BCUT2D eigenvalue weighted by Gasteiger charge is 2.03. The van der Waals surface area contributed by atoms with Crippen LogP contribution in [0, 0.1) is 0 Å². The van der Waals surface area contributed by atoms with E-state index in [1.54, 1.807) is 25.4 Å². The Hall–Kier alpha value is -2.49. The van der Waals surface area contributed by atoms with E-state index >= 15 is 0 Å². The summed E-state index contributed by atoms with van der Waals surface area (Å²) in [5.41, 5.74) is 2.78. The number of hydrogen-bond acceptors (Lipinski definition) is 4. The third kappa shape index (κ3) is 3.51. The van der Waals surface area contributed by atoms with Crippen molar-refractivity contribution in [1.29, 1.82) is 0 Å². The van der Waals surface area contributed by atoms with E-state index < -0.39 is 0 Å². The van der Waals surface area contributed by atoms with Crippen LogP contribution in [0.3, 0.4) is 0 Å². The highest BCUT2D eigenvalue weighted by molar-refractivity contribution is 5.91. The second-order valence-electron chi connectivity index (χ2n) is 4.23. The summed E-state index contributed by atoms with van der Waals surface area (Å²) in [7, 11) is 0. The summed E-state index contributed by atoms with van der Waals surface area (Å²) in [5.74, 6) is 0.367. The summed E-state index contributed by atoms with van der Waals surface area (Å²) in [4.78, 5) is 19.8. The average molecular weight is 268 g/mol. The third-order valence-electron chi connectivity index (χ3n) is 2.79. The second-order valence-corrected chi connectivity index (χ2v) is 4.23. The molecule has 0 saturated carbocycles. The van der Waals surface area contributed by atoms with Crippen molar-refractivity contribution in [3.05, 3.63) is 54.4 Å². The molecule has 1 heterocycles. The maximum Gasteiger partial charge on any atom is 0.331 e. The molecule has 0 radical (unpaired) electrons. The van der Waals surface area contributed by atoms with Crippen molar-refractivity contribution < 1.29 is 9.53 Å². The lowest BCUT2D eigenvalue weighted by Crippen LogP contribution is -2.00. The molecule has 2 aromatic rings. The van der Waals surface area contributed by atoms with Gasteiger partial charge in [-0.2, -0.15) is 0 Å². The molecule has 1 aromatic heterocycles. The number of esters is 1. The summed E-state index contributed by atoms with van der Waals surface area (Å²) >= 11 is 0. The van der Waals surface area contributed by atoms with Gasteiger partial charge >= 0.3 is 5.97 Å². The summed E-state index contributed by atoms with van der Waals surface area (Å²) in [6.07, 6.45) is 4.92. The molecule has 4 nitrogen and oxygen atoms in total. The maximum absolute atomic E-state index is 11.4. The molecule has 0 bridgehead atoms. The first kappa shape index (κ1) is 13.9. The standard InChI is InChI=1S/C16H16N2O2/c1-3-20-15(19)11-12(2)13-5-7-14(8-6-13)16-17-9-4-10-18-16/h4-11H,3H2,1-2H3/b12-11-. The van der Waals surface area contributed by atoms with Gasteiger partial charge in [0.2, 0.25) is 0 Å². The third-order valence-corrected chi connectivity index (χ3v) is 2.79. The number of allylic oxidation sites excluding steroid dienone is 1. The number of rotatable bonds is 4.